The molecule has 6 nitrogen and oxygen atoms in total. The molecule has 0 atom stereocenters. The summed E-state index contributed by atoms with van der Waals surface area (Å²) in [5, 5.41) is 14.0. The summed E-state index contributed by atoms with van der Waals surface area (Å²) in [5.41, 5.74) is 1.93. The number of benzene rings is 1. The SMILES string of the molecule is CCCC(=O)Nc1nc(C)c(Cc2ccc([N+](=O)[O-])cc2)s1. The molecule has 0 unspecified atom stereocenters. The number of hydrogen-bond donors (Lipinski definition) is 1. The molecule has 1 aromatic heterocycles. The van der Waals surface area contributed by atoms with Crippen molar-refractivity contribution >= 4 is 28.1 Å². The number of anilines is 1. The number of hydrogen-bond acceptors (Lipinski definition) is 5. The van der Waals surface area contributed by atoms with Gasteiger partial charge in [0.2, 0.25) is 5.91 Å². The normalized spacial score (nSPS) is 10.5. The number of aromatic nitrogens is 1. The quantitative estimate of drug-likeness (QED) is 0.650. The smallest absolute Gasteiger partial charge is 0.269 e. The number of aryl methyl sites for hydroxylation is 1. The topological polar surface area (TPSA) is 85.1 Å². The number of nitrogens with zero attached hydrogens (tertiary/aromatic N) is 2. The minimum absolute atomic E-state index is 0.0295. The Morgan fingerprint density at radius 2 is 2.05 bits per heavy atom. The first kappa shape index (κ1) is 16.1. The molecule has 0 fully saturated rings. The summed E-state index contributed by atoms with van der Waals surface area (Å²) in [4.78, 5) is 27.2. The lowest BCUT2D eigenvalue weighted by atomic mass is 10.1. The Hall–Kier alpha value is -2.28. The Kier molecular flexibility index (Phi) is 5.21. The van der Waals surface area contributed by atoms with E-state index in [1.165, 1.54) is 23.5 Å². The summed E-state index contributed by atoms with van der Waals surface area (Å²) in [5.74, 6) is -0.0295. The number of non-ortho nitro benzene ring substituents is 1. The monoisotopic (exact) mass is 319 g/mol. The Morgan fingerprint density at radius 3 is 2.64 bits per heavy atom. The van der Waals surface area contributed by atoms with Gasteiger partial charge in [0.05, 0.1) is 10.6 Å². The van der Waals surface area contributed by atoms with Gasteiger partial charge >= 0.3 is 0 Å². The zero-order chi connectivity index (χ0) is 16.1. The number of carbonyl (C=O) groups excluding carboxylic acids is 1. The van der Waals surface area contributed by atoms with Crippen LogP contribution in [0.15, 0.2) is 24.3 Å². The number of nitro benzene ring substituents is 1. The van der Waals surface area contributed by atoms with E-state index < -0.39 is 4.92 Å². The molecule has 0 radical (unpaired) electrons. The minimum Gasteiger partial charge on any atom is -0.302 e. The number of nitro groups is 1. The zero-order valence-corrected chi connectivity index (χ0v) is 13.3. The van der Waals surface area contributed by atoms with Crippen LogP contribution in [0.1, 0.15) is 35.9 Å². The fraction of sp³-hybridized carbons (Fsp3) is 0.333. The average Bonchev–Trinajstić information content (AvgIpc) is 2.79. The number of thiazole rings is 1. The number of carbonyl (C=O) groups is 1. The van der Waals surface area contributed by atoms with Crippen molar-refractivity contribution in [3.05, 3.63) is 50.5 Å². The van der Waals surface area contributed by atoms with E-state index in [9.17, 15) is 14.9 Å². The summed E-state index contributed by atoms with van der Waals surface area (Å²) in [6, 6.07) is 6.48. The second-order valence-electron chi connectivity index (χ2n) is 4.93. The molecule has 22 heavy (non-hydrogen) atoms. The van der Waals surface area contributed by atoms with Gasteiger partial charge in [0, 0.05) is 29.9 Å². The van der Waals surface area contributed by atoms with E-state index in [1.54, 1.807) is 12.1 Å². The first-order chi connectivity index (χ1) is 10.5. The van der Waals surface area contributed by atoms with Crippen LogP contribution in [0.2, 0.25) is 0 Å². The highest BCUT2D eigenvalue weighted by Gasteiger charge is 2.11. The third-order valence-electron chi connectivity index (χ3n) is 3.13. The van der Waals surface area contributed by atoms with Gasteiger partial charge in [-0.05, 0) is 18.9 Å². The molecule has 1 amide bonds. The van der Waals surface area contributed by atoms with Gasteiger partial charge in [-0.1, -0.05) is 19.1 Å². The first-order valence-electron chi connectivity index (χ1n) is 6.99. The van der Waals surface area contributed by atoms with E-state index in [-0.39, 0.29) is 11.6 Å². The lowest BCUT2D eigenvalue weighted by Crippen LogP contribution is -2.10. The number of amides is 1. The fourth-order valence-corrected chi connectivity index (χ4v) is 2.99. The summed E-state index contributed by atoms with van der Waals surface area (Å²) in [6.45, 7) is 3.85. The standard InChI is InChI=1S/C15H17N3O3S/c1-3-4-14(19)17-15-16-10(2)13(22-15)9-11-5-7-12(8-6-11)18(20)21/h5-8H,3-4,9H2,1-2H3,(H,16,17,19). The third kappa shape index (κ3) is 4.11. The van der Waals surface area contributed by atoms with E-state index in [0.717, 1.165) is 22.6 Å². The Balaban J connectivity index is 2.08. The van der Waals surface area contributed by atoms with Crippen LogP contribution in [0.25, 0.3) is 0 Å². The largest absolute Gasteiger partial charge is 0.302 e. The van der Waals surface area contributed by atoms with Gasteiger partial charge in [0.15, 0.2) is 5.13 Å². The summed E-state index contributed by atoms with van der Waals surface area (Å²) < 4.78 is 0. The molecule has 0 bridgehead atoms. The third-order valence-corrected chi connectivity index (χ3v) is 4.20. The van der Waals surface area contributed by atoms with Crippen molar-refractivity contribution in [2.24, 2.45) is 0 Å². The molecule has 0 spiro atoms. The zero-order valence-electron chi connectivity index (χ0n) is 12.5. The molecule has 7 heteroatoms. The highest BCUT2D eigenvalue weighted by molar-refractivity contribution is 7.15. The lowest BCUT2D eigenvalue weighted by molar-refractivity contribution is -0.384. The number of rotatable bonds is 6. The highest BCUT2D eigenvalue weighted by Crippen LogP contribution is 2.26. The van der Waals surface area contributed by atoms with E-state index in [4.69, 9.17) is 0 Å². The van der Waals surface area contributed by atoms with E-state index in [0.29, 0.717) is 18.0 Å². The van der Waals surface area contributed by atoms with Crippen molar-refractivity contribution in [2.45, 2.75) is 33.1 Å². The molecule has 0 saturated heterocycles. The Morgan fingerprint density at radius 1 is 1.36 bits per heavy atom. The van der Waals surface area contributed by atoms with Crippen LogP contribution >= 0.6 is 11.3 Å². The Labute approximate surface area is 132 Å². The van der Waals surface area contributed by atoms with Gasteiger partial charge in [0.25, 0.3) is 5.69 Å². The minimum atomic E-state index is -0.414. The lowest BCUT2D eigenvalue weighted by Gasteiger charge is -1.99. The predicted molar refractivity (Wildman–Crippen MR) is 86.3 cm³/mol. The summed E-state index contributed by atoms with van der Waals surface area (Å²) in [6.07, 6.45) is 1.92. The molecule has 1 aromatic carbocycles. The maximum Gasteiger partial charge on any atom is 0.269 e. The molecule has 0 aliphatic carbocycles. The van der Waals surface area contributed by atoms with Gasteiger partial charge in [-0.3, -0.25) is 14.9 Å². The van der Waals surface area contributed by atoms with Crippen molar-refractivity contribution in [3.63, 3.8) is 0 Å². The molecule has 0 aliphatic heterocycles. The fourth-order valence-electron chi connectivity index (χ4n) is 1.98. The van der Waals surface area contributed by atoms with Gasteiger partial charge in [-0.15, -0.1) is 11.3 Å². The Bertz CT molecular complexity index is 680. The van der Waals surface area contributed by atoms with Crippen molar-refractivity contribution in [1.29, 1.82) is 0 Å². The van der Waals surface area contributed by atoms with Crippen molar-refractivity contribution in [3.8, 4) is 0 Å². The van der Waals surface area contributed by atoms with Crippen LogP contribution in [-0.2, 0) is 11.2 Å². The van der Waals surface area contributed by atoms with Crippen LogP contribution in [0.5, 0.6) is 0 Å². The van der Waals surface area contributed by atoms with Gasteiger partial charge in [-0.2, -0.15) is 0 Å². The van der Waals surface area contributed by atoms with E-state index >= 15 is 0 Å². The second kappa shape index (κ2) is 7.13. The van der Waals surface area contributed by atoms with Crippen LogP contribution in [0.4, 0.5) is 10.8 Å². The van der Waals surface area contributed by atoms with Gasteiger partial charge in [0.1, 0.15) is 0 Å². The van der Waals surface area contributed by atoms with Crippen molar-refractivity contribution in [1.82, 2.24) is 4.98 Å². The van der Waals surface area contributed by atoms with E-state index in [1.807, 2.05) is 13.8 Å². The summed E-state index contributed by atoms with van der Waals surface area (Å²) in [7, 11) is 0. The first-order valence-corrected chi connectivity index (χ1v) is 7.80. The van der Waals surface area contributed by atoms with Crippen LogP contribution < -0.4 is 5.32 Å². The molecular formula is C15H17N3O3S. The number of nitrogens with one attached hydrogen (secondary N) is 1. The molecule has 0 aliphatic rings. The van der Waals surface area contributed by atoms with Crippen molar-refractivity contribution < 1.29 is 9.72 Å². The average molecular weight is 319 g/mol. The molecule has 0 saturated carbocycles. The van der Waals surface area contributed by atoms with Crippen molar-refractivity contribution in [2.75, 3.05) is 5.32 Å². The van der Waals surface area contributed by atoms with Crippen LogP contribution in [0, 0.1) is 17.0 Å². The predicted octanol–water partition coefficient (Wildman–Crippen LogP) is 3.69. The molecular weight excluding hydrogens is 302 g/mol. The molecule has 2 rings (SSSR count). The maximum absolute atomic E-state index is 11.6. The van der Waals surface area contributed by atoms with E-state index in [2.05, 4.69) is 10.3 Å². The van der Waals surface area contributed by atoms with Gasteiger partial charge < -0.3 is 5.32 Å². The van der Waals surface area contributed by atoms with Gasteiger partial charge in [-0.25, -0.2) is 4.98 Å². The maximum atomic E-state index is 11.6. The molecule has 1 heterocycles. The van der Waals surface area contributed by atoms with Crippen LogP contribution in [0.3, 0.4) is 0 Å². The highest BCUT2D eigenvalue weighted by atomic mass is 32.1. The molecule has 1 N–H and O–H groups in total. The summed E-state index contributed by atoms with van der Waals surface area (Å²) >= 11 is 1.44. The molecule has 2 aromatic rings. The molecule has 116 valence electrons. The van der Waals surface area contributed by atoms with Crippen LogP contribution in [-0.4, -0.2) is 15.8 Å². The second-order valence-corrected chi connectivity index (χ2v) is 6.01.